The molecule has 4 heteroatoms. The molecule has 1 aromatic carbocycles. The highest BCUT2D eigenvalue weighted by molar-refractivity contribution is 7.71. The van der Waals surface area contributed by atoms with Crippen molar-refractivity contribution in [1.82, 2.24) is 14.1 Å². The summed E-state index contributed by atoms with van der Waals surface area (Å²) >= 11 is 5.63. The Labute approximate surface area is 117 Å². The Morgan fingerprint density at radius 2 is 2.05 bits per heavy atom. The van der Waals surface area contributed by atoms with E-state index in [1.807, 2.05) is 13.4 Å². The molecular weight excluding hydrogens is 254 g/mol. The summed E-state index contributed by atoms with van der Waals surface area (Å²) in [7, 11) is 2.02. The third kappa shape index (κ3) is 1.87. The van der Waals surface area contributed by atoms with Crippen LogP contribution in [0.15, 0.2) is 30.6 Å². The van der Waals surface area contributed by atoms with Crippen molar-refractivity contribution in [2.24, 2.45) is 7.05 Å². The Bertz CT molecular complexity index is 798. The maximum atomic E-state index is 5.63. The van der Waals surface area contributed by atoms with Crippen LogP contribution in [0.25, 0.3) is 21.9 Å². The minimum atomic E-state index is 0.850. The van der Waals surface area contributed by atoms with Crippen molar-refractivity contribution in [2.75, 3.05) is 0 Å². The van der Waals surface area contributed by atoms with Crippen molar-refractivity contribution in [2.45, 2.75) is 26.3 Å². The van der Waals surface area contributed by atoms with Gasteiger partial charge in [0.15, 0.2) is 0 Å². The lowest BCUT2D eigenvalue weighted by Crippen LogP contribution is -2.03. The van der Waals surface area contributed by atoms with Gasteiger partial charge in [0.1, 0.15) is 10.2 Å². The molecule has 0 unspecified atom stereocenters. The highest BCUT2D eigenvalue weighted by Crippen LogP contribution is 2.26. The number of benzene rings is 1. The van der Waals surface area contributed by atoms with E-state index in [-0.39, 0.29) is 0 Å². The molecule has 2 heterocycles. The number of imidazole rings is 1. The third-order valence-corrected chi connectivity index (χ3v) is 3.98. The van der Waals surface area contributed by atoms with Crippen LogP contribution < -0.4 is 0 Å². The lowest BCUT2D eigenvalue weighted by molar-refractivity contribution is 0.643. The number of rotatable bonds is 3. The van der Waals surface area contributed by atoms with Crippen molar-refractivity contribution in [1.29, 1.82) is 0 Å². The number of fused-ring (bicyclic) bond motifs is 3. The first kappa shape index (κ1) is 12.4. The second-order valence-electron chi connectivity index (χ2n) is 4.88. The molecule has 0 aliphatic rings. The third-order valence-electron chi connectivity index (χ3n) is 3.57. The van der Waals surface area contributed by atoms with Crippen molar-refractivity contribution in [3.05, 3.63) is 35.2 Å². The van der Waals surface area contributed by atoms with Gasteiger partial charge in [-0.3, -0.25) is 0 Å². The van der Waals surface area contributed by atoms with E-state index in [9.17, 15) is 0 Å². The summed E-state index contributed by atoms with van der Waals surface area (Å²) < 4.78 is 5.13. The van der Waals surface area contributed by atoms with E-state index in [1.165, 1.54) is 10.9 Å². The van der Waals surface area contributed by atoms with Crippen LogP contribution in [0.5, 0.6) is 0 Å². The fraction of sp³-hybridized carbons (Fsp3) is 0.333. The SMILES string of the molecule is CCCCn1c(=S)c2ncn(C)c2c2ccccc21. The molecule has 0 spiro atoms. The molecule has 0 bridgehead atoms. The smallest absolute Gasteiger partial charge is 0.134 e. The number of pyridine rings is 1. The van der Waals surface area contributed by atoms with Gasteiger partial charge in [-0.15, -0.1) is 0 Å². The van der Waals surface area contributed by atoms with Gasteiger partial charge in [-0.2, -0.15) is 0 Å². The zero-order valence-electron chi connectivity index (χ0n) is 11.3. The van der Waals surface area contributed by atoms with E-state index < -0.39 is 0 Å². The van der Waals surface area contributed by atoms with Crippen molar-refractivity contribution >= 4 is 34.2 Å². The topological polar surface area (TPSA) is 22.8 Å². The second kappa shape index (κ2) is 4.78. The summed E-state index contributed by atoms with van der Waals surface area (Å²) in [4.78, 5) is 4.47. The fourth-order valence-electron chi connectivity index (χ4n) is 2.59. The van der Waals surface area contributed by atoms with Crippen LogP contribution in [0, 0.1) is 4.64 Å². The van der Waals surface area contributed by atoms with Gasteiger partial charge in [-0.1, -0.05) is 43.8 Å². The normalized spacial score (nSPS) is 11.5. The molecule has 0 saturated heterocycles. The van der Waals surface area contributed by atoms with Gasteiger partial charge in [0, 0.05) is 19.0 Å². The van der Waals surface area contributed by atoms with E-state index in [1.54, 1.807) is 0 Å². The highest BCUT2D eigenvalue weighted by atomic mass is 32.1. The van der Waals surface area contributed by atoms with E-state index in [4.69, 9.17) is 12.2 Å². The van der Waals surface area contributed by atoms with Gasteiger partial charge in [0.05, 0.1) is 17.4 Å². The number of nitrogens with zero attached hydrogens (tertiary/aromatic N) is 3. The molecule has 0 aliphatic carbocycles. The largest absolute Gasteiger partial charge is 0.333 e. The molecule has 3 aromatic rings. The van der Waals surface area contributed by atoms with Gasteiger partial charge >= 0.3 is 0 Å². The molecule has 0 atom stereocenters. The molecule has 0 aliphatic heterocycles. The Morgan fingerprint density at radius 1 is 1.26 bits per heavy atom. The summed E-state index contributed by atoms with van der Waals surface area (Å²) in [5.74, 6) is 0. The van der Waals surface area contributed by atoms with E-state index in [0.717, 1.165) is 35.1 Å². The zero-order valence-corrected chi connectivity index (χ0v) is 12.1. The Kier molecular flexibility index (Phi) is 3.11. The molecule has 0 amide bonds. The molecule has 3 rings (SSSR count). The standard InChI is InChI=1S/C15H17N3S/c1-3-4-9-18-12-8-6-5-7-11(12)14-13(15(18)19)16-10-17(14)2/h5-8,10H,3-4,9H2,1-2H3. The maximum absolute atomic E-state index is 5.63. The Hall–Kier alpha value is -1.68. The molecule has 0 saturated carbocycles. The minimum Gasteiger partial charge on any atom is -0.333 e. The van der Waals surface area contributed by atoms with Crippen LogP contribution in [0.1, 0.15) is 19.8 Å². The average Bonchev–Trinajstić information content (AvgIpc) is 2.81. The monoisotopic (exact) mass is 271 g/mol. The summed E-state index contributed by atoms with van der Waals surface area (Å²) in [6.45, 7) is 3.16. The summed E-state index contributed by atoms with van der Waals surface area (Å²) in [6.07, 6.45) is 4.14. The minimum absolute atomic E-state index is 0.850. The van der Waals surface area contributed by atoms with Crippen LogP contribution >= 0.6 is 12.2 Å². The average molecular weight is 271 g/mol. The number of hydrogen-bond acceptors (Lipinski definition) is 2. The van der Waals surface area contributed by atoms with Gasteiger partial charge < -0.3 is 9.13 Å². The molecule has 0 fully saturated rings. The molecule has 19 heavy (non-hydrogen) atoms. The second-order valence-corrected chi connectivity index (χ2v) is 5.27. The van der Waals surface area contributed by atoms with Crippen molar-refractivity contribution in [3.63, 3.8) is 0 Å². The predicted molar refractivity (Wildman–Crippen MR) is 82.0 cm³/mol. The summed E-state index contributed by atoms with van der Waals surface area (Å²) in [5.41, 5.74) is 3.28. The van der Waals surface area contributed by atoms with Crippen molar-refractivity contribution < 1.29 is 0 Å². The Morgan fingerprint density at radius 3 is 2.84 bits per heavy atom. The quantitative estimate of drug-likeness (QED) is 0.670. The van der Waals surface area contributed by atoms with Gasteiger partial charge in [0.25, 0.3) is 0 Å². The van der Waals surface area contributed by atoms with E-state index >= 15 is 0 Å². The lowest BCUT2D eigenvalue weighted by Gasteiger charge is -2.12. The zero-order chi connectivity index (χ0) is 13.4. The van der Waals surface area contributed by atoms with Gasteiger partial charge in [-0.25, -0.2) is 4.98 Å². The molecule has 2 aromatic heterocycles. The number of aryl methyl sites for hydroxylation is 2. The first-order valence-electron chi connectivity index (χ1n) is 6.66. The first-order valence-corrected chi connectivity index (χ1v) is 7.07. The van der Waals surface area contributed by atoms with E-state index in [2.05, 4.69) is 45.3 Å². The molecule has 0 N–H and O–H groups in total. The number of hydrogen-bond donors (Lipinski definition) is 0. The van der Waals surface area contributed by atoms with Crippen LogP contribution in [-0.4, -0.2) is 14.1 Å². The number of aromatic nitrogens is 3. The fourth-order valence-corrected chi connectivity index (χ4v) is 2.93. The number of unbranched alkanes of at least 4 members (excludes halogenated alkanes) is 1. The van der Waals surface area contributed by atoms with Crippen LogP contribution in [0.4, 0.5) is 0 Å². The maximum Gasteiger partial charge on any atom is 0.134 e. The van der Waals surface area contributed by atoms with Crippen LogP contribution in [0.3, 0.4) is 0 Å². The predicted octanol–water partition coefficient (Wildman–Crippen LogP) is 4.06. The molecule has 98 valence electrons. The van der Waals surface area contributed by atoms with E-state index in [0.29, 0.717) is 0 Å². The number of para-hydroxylation sites is 1. The molecule has 0 radical (unpaired) electrons. The summed E-state index contributed by atoms with van der Waals surface area (Å²) in [6, 6.07) is 8.44. The Balaban J connectivity index is 2.46. The van der Waals surface area contributed by atoms with Crippen LogP contribution in [-0.2, 0) is 13.6 Å². The van der Waals surface area contributed by atoms with Gasteiger partial charge in [0.2, 0.25) is 0 Å². The highest BCUT2D eigenvalue weighted by Gasteiger charge is 2.11. The first-order chi connectivity index (χ1) is 9.24. The lowest BCUT2D eigenvalue weighted by atomic mass is 10.1. The molecule has 3 nitrogen and oxygen atoms in total. The summed E-state index contributed by atoms with van der Waals surface area (Å²) in [5, 5.41) is 1.22. The molecular formula is C15H17N3S. The van der Waals surface area contributed by atoms with Gasteiger partial charge in [-0.05, 0) is 12.5 Å². The van der Waals surface area contributed by atoms with Crippen LogP contribution in [0.2, 0.25) is 0 Å². The van der Waals surface area contributed by atoms with Crippen molar-refractivity contribution in [3.8, 4) is 0 Å².